The lowest BCUT2D eigenvalue weighted by atomic mass is 9.81. The minimum Gasteiger partial charge on any atom is -0.391 e. The second kappa shape index (κ2) is 14.5. The van der Waals surface area contributed by atoms with E-state index >= 15 is 0 Å². The Morgan fingerprint density at radius 2 is 1.56 bits per heavy atom. The molecule has 3 rings (SSSR count). The molecule has 0 unspecified atom stereocenters. The summed E-state index contributed by atoms with van der Waals surface area (Å²) in [7, 11) is 0. The average molecular weight is 538 g/mol. The van der Waals surface area contributed by atoms with Crippen molar-refractivity contribution in [3.8, 4) is 0 Å². The number of carbonyl (C=O) groups excluding carboxylic acids is 2. The van der Waals surface area contributed by atoms with Gasteiger partial charge in [0.05, 0.1) is 6.10 Å². The second-order valence-electron chi connectivity index (χ2n) is 9.67. The van der Waals surface area contributed by atoms with Crippen LogP contribution < -0.4 is 11.1 Å². The van der Waals surface area contributed by atoms with Crippen LogP contribution in [-0.4, -0.2) is 47.6 Å². The van der Waals surface area contributed by atoms with Gasteiger partial charge < -0.3 is 21.1 Å². The Morgan fingerprint density at radius 1 is 0.897 bits per heavy atom. The summed E-state index contributed by atoms with van der Waals surface area (Å²) in [4.78, 5) is 28.1. The largest absolute Gasteiger partial charge is 0.391 e. The summed E-state index contributed by atoms with van der Waals surface area (Å²) in [5, 5.41) is 14.6. The summed E-state index contributed by atoms with van der Waals surface area (Å²) in [5.41, 5.74) is 8.16. The SMILES string of the molecule is CCCN(CCC)C(=O)c1cccc(C(N)=O)c1[C@H](Cc1ccccc1)[C@@H](O)CNCc1ccc(F)c(F)c1. The van der Waals surface area contributed by atoms with Gasteiger partial charge in [0.15, 0.2) is 11.6 Å². The highest BCUT2D eigenvalue weighted by Gasteiger charge is 2.31. The lowest BCUT2D eigenvalue weighted by molar-refractivity contribution is 0.0751. The number of halogens is 2. The molecule has 2 amide bonds. The number of nitrogens with one attached hydrogen (secondary N) is 1. The molecule has 0 spiro atoms. The molecule has 8 heteroatoms. The summed E-state index contributed by atoms with van der Waals surface area (Å²) < 4.78 is 26.9. The van der Waals surface area contributed by atoms with Crippen molar-refractivity contribution < 1.29 is 23.5 Å². The maximum absolute atomic E-state index is 13.8. The van der Waals surface area contributed by atoms with Crippen LogP contribution in [0.4, 0.5) is 8.78 Å². The third kappa shape index (κ3) is 7.94. The molecule has 0 aliphatic carbocycles. The highest BCUT2D eigenvalue weighted by Crippen LogP contribution is 2.32. The van der Waals surface area contributed by atoms with E-state index in [1.807, 2.05) is 44.2 Å². The van der Waals surface area contributed by atoms with Gasteiger partial charge in [0.1, 0.15) is 0 Å². The van der Waals surface area contributed by atoms with Gasteiger partial charge in [0, 0.05) is 43.2 Å². The number of benzene rings is 3. The van der Waals surface area contributed by atoms with E-state index in [0.29, 0.717) is 36.2 Å². The van der Waals surface area contributed by atoms with Crippen molar-refractivity contribution in [3.05, 3.63) is 106 Å². The molecule has 0 aliphatic rings. The van der Waals surface area contributed by atoms with E-state index < -0.39 is 29.6 Å². The number of aliphatic hydroxyl groups is 1. The number of rotatable bonds is 14. The maximum atomic E-state index is 13.8. The van der Waals surface area contributed by atoms with E-state index in [1.165, 1.54) is 6.07 Å². The van der Waals surface area contributed by atoms with Crippen molar-refractivity contribution in [2.24, 2.45) is 5.73 Å². The fraction of sp³-hybridized carbons (Fsp3) is 0.355. The molecular weight excluding hydrogens is 500 g/mol. The van der Waals surface area contributed by atoms with Gasteiger partial charge in [-0.1, -0.05) is 56.3 Å². The van der Waals surface area contributed by atoms with Gasteiger partial charge in [0.2, 0.25) is 5.91 Å². The first-order chi connectivity index (χ1) is 18.8. The standard InChI is InChI=1S/C31H37F2N3O3/c1-3-15-36(16-4-2)31(39)24-12-8-11-23(30(34)38)29(24)25(17-21-9-6-5-7-10-21)28(37)20-35-19-22-13-14-26(32)27(33)18-22/h5-14,18,25,28,35,37H,3-4,15-17,19-20H2,1-2H3,(H2,34,38)/t25-,28+/m1/s1. The molecule has 0 radical (unpaired) electrons. The Bertz CT molecular complexity index is 1250. The van der Waals surface area contributed by atoms with Gasteiger partial charge in [-0.05, 0) is 60.2 Å². The van der Waals surface area contributed by atoms with Crippen LogP contribution in [0.1, 0.15) is 70.0 Å². The van der Waals surface area contributed by atoms with E-state index in [1.54, 1.807) is 23.1 Å². The Labute approximate surface area is 228 Å². The van der Waals surface area contributed by atoms with Crippen molar-refractivity contribution in [1.29, 1.82) is 0 Å². The first-order valence-electron chi connectivity index (χ1n) is 13.3. The molecule has 4 N–H and O–H groups in total. The van der Waals surface area contributed by atoms with Crippen molar-refractivity contribution in [2.45, 2.75) is 51.7 Å². The maximum Gasteiger partial charge on any atom is 0.254 e. The summed E-state index contributed by atoms with van der Waals surface area (Å²) in [6.45, 7) is 5.39. The predicted molar refractivity (Wildman–Crippen MR) is 148 cm³/mol. The summed E-state index contributed by atoms with van der Waals surface area (Å²) in [5.74, 6) is -3.42. The summed E-state index contributed by atoms with van der Waals surface area (Å²) in [6.07, 6.45) is 0.871. The van der Waals surface area contributed by atoms with Gasteiger partial charge >= 0.3 is 0 Å². The Hall–Kier alpha value is -3.62. The van der Waals surface area contributed by atoms with Crippen LogP contribution >= 0.6 is 0 Å². The zero-order chi connectivity index (χ0) is 28.4. The molecule has 208 valence electrons. The fourth-order valence-corrected chi connectivity index (χ4v) is 4.85. The first-order valence-corrected chi connectivity index (χ1v) is 13.3. The van der Waals surface area contributed by atoms with Gasteiger partial charge in [-0.25, -0.2) is 8.78 Å². The van der Waals surface area contributed by atoms with E-state index in [0.717, 1.165) is 30.5 Å². The quantitative estimate of drug-likeness (QED) is 0.275. The number of hydrogen-bond donors (Lipinski definition) is 3. The Balaban J connectivity index is 2.00. The smallest absolute Gasteiger partial charge is 0.254 e. The summed E-state index contributed by atoms with van der Waals surface area (Å²) in [6, 6.07) is 18.0. The molecule has 0 saturated carbocycles. The molecule has 0 saturated heterocycles. The fourth-order valence-electron chi connectivity index (χ4n) is 4.85. The third-order valence-electron chi connectivity index (χ3n) is 6.68. The van der Waals surface area contributed by atoms with E-state index in [9.17, 15) is 23.5 Å². The van der Waals surface area contributed by atoms with Crippen LogP contribution in [-0.2, 0) is 13.0 Å². The van der Waals surface area contributed by atoms with Gasteiger partial charge in [-0.15, -0.1) is 0 Å². The summed E-state index contributed by atoms with van der Waals surface area (Å²) >= 11 is 0. The highest BCUT2D eigenvalue weighted by molar-refractivity contribution is 6.02. The van der Waals surface area contributed by atoms with Gasteiger partial charge in [-0.3, -0.25) is 9.59 Å². The molecule has 0 aliphatic heterocycles. The number of aliphatic hydroxyl groups excluding tert-OH is 1. The molecule has 0 bridgehead atoms. The minimum absolute atomic E-state index is 0.0743. The number of nitrogens with zero attached hydrogens (tertiary/aromatic N) is 1. The molecule has 3 aromatic rings. The second-order valence-corrected chi connectivity index (χ2v) is 9.67. The monoisotopic (exact) mass is 537 g/mol. The molecular formula is C31H37F2N3O3. The Kier molecular flexibility index (Phi) is 11.1. The van der Waals surface area contributed by atoms with Crippen molar-refractivity contribution in [3.63, 3.8) is 0 Å². The normalized spacial score (nSPS) is 12.6. The lowest BCUT2D eigenvalue weighted by Gasteiger charge is -2.29. The minimum atomic E-state index is -1.03. The predicted octanol–water partition coefficient (Wildman–Crippen LogP) is 4.80. The molecule has 2 atom stereocenters. The van der Waals surface area contributed by atoms with Crippen LogP contribution in [0.3, 0.4) is 0 Å². The van der Waals surface area contributed by atoms with Crippen LogP contribution in [0.5, 0.6) is 0 Å². The van der Waals surface area contributed by atoms with E-state index in [2.05, 4.69) is 5.32 Å². The number of hydrogen-bond acceptors (Lipinski definition) is 4. The zero-order valence-electron chi connectivity index (χ0n) is 22.5. The highest BCUT2D eigenvalue weighted by atomic mass is 19.2. The average Bonchev–Trinajstić information content (AvgIpc) is 2.93. The zero-order valence-corrected chi connectivity index (χ0v) is 22.5. The molecule has 6 nitrogen and oxygen atoms in total. The third-order valence-corrected chi connectivity index (χ3v) is 6.68. The topological polar surface area (TPSA) is 95.7 Å². The van der Waals surface area contributed by atoms with Crippen LogP contribution in [0.2, 0.25) is 0 Å². The number of nitrogens with two attached hydrogens (primary N) is 1. The molecule has 0 fully saturated rings. The van der Waals surface area contributed by atoms with E-state index in [-0.39, 0.29) is 24.6 Å². The number of primary amides is 1. The molecule has 0 heterocycles. The molecule has 39 heavy (non-hydrogen) atoms. The van der Waals surface area contributed by atoms with Gasteiger partial charge in [-0.2, -0.15) is 0 Å². The van der Waals surface area contributed by atoms with E-state index in [4.69, 9.17) is 5.73 Å². The molecule has 0 aromatic heterocycles. The van der Waals surface area contributed by atoms with Crippen molar-refractivity contribution in [2.75, 3.05) is 19.6 Å². The number of amides is 2. The number of carbonyl (C=O) groups is 2. The molecule has 3 aromatic carbocycles. The van der Waals surface area contributed by atoms with Gasteiger partial charge in [0.25, 0.3) is 5.91 Å². The Morgan fingerprint density at radius 3 is 2.18 bits per heavy atom. The van der Waals surface area contributed by atoms with Crippen LogP contribution in [0.15, 0.2) is 66.7 Å². The van der Waals surface area contributed by atoms with Crippen molar-refractivity contribution in [1.82, 2.24) is 10.2 Å². The van der Waals surface area contributed by atoms with Crippen LogP contribution in [0, 0.1) is 11.6 Å². The lowest BCUT2D eigenvalue weighted by Crippen LogP contribution is -2.37. The van der Waals surface area contributed by atoms with Crippen molar-refractivity contribution >= 4 is 11.8 Å². The first kappa shape index (κ1) is 29.9. The van der Waals surface area contributed by atoms with Crippen LogP contribution in [0.25, 0.3) is 0 Å².